The van der Waals surface area contributed by atoms with Crippen LogP contribution in [0.4, 0.5) is 0 Å². The van der Waals surface area contributed by atoms with Crippen LogP contribution >= 0.6 is 0 Å². The van der Waals surface area contributed by atoms with E-state index in [0.717, 1.165) is 33.4 Å². The van der Waals surface area contributed by atoms with Crippen LogP contribution in [-0.4, -0.2) is 8.42 Å². The molecule has 1 heterocycles. The molecule has 0 aliphatic carbocycles. The van der Waals surface area contributed by atoms with Crippen LogP contribution in [0.2, 0.25) is 0 Å². The third-order valence-electron chi connectivity index (χ3n) is 5.32. The third kappa shape index (κ3) is 2.59. The zero-order valence-electron chi connectivity index (χ0n) is 15.4. The Labute approximate surface area is 165 Å². The maximum atomic E-state index is 13.3. The van der Waals surface area contributed by atoms with Crippen molar-refractivity contribution in [1.82, 2.24) is 0 Å². The first-order chi connectivity index (χ1) is 13.5. The Morgan fingerprint density at radius 1 is 0.536 bits per heavy atom. The maximum absolute atomic E-state index is 13.3. The Kier molecular flexibility index (Phi) is 3.74. The van der Waals surface area contributed by atoms with Gasteiger partial charge in [-0.15, -0.1) is 0 Å². The first kappa shape index (κ1) is 17.0. The Balaban J connectivity index is 1.65. The van der Waals surface area contributed by atoms with Crippen LogP contribution in [0.25, 0.3) is 33.4 Å². The molecule has 0 fully saturated rings. The topological polar surface area (TPSA) is 34.1 Å². The molecule has 0 aromatic heterocycles. The van der Waals surface area contributed by atoms with E-state index in [1.807, 2.05) is 85.8 Å². The van der Waals surface area contributed by atoms with Gasteiger partial charge in [-0.3, -0.25) is 0 Å². The van der Waals surface area contributed by atoms with Gasteiger partial charge in [0.2, 0.25) is 9.84 Å². The molecule has 4 aromatic carbocycles. The lowest BCUT2D eigenvalue weighted by Crippen LogP contribution is -1.97. The van der Waals surface area contributed by atoms with Crippen molar-refractivity contribution in [2.75, 3.05) is 0 Å². The summed E-state index contributed by atoms with van der Waals surface area (Å²) in [6.07, 6.45) is 0. The minimum atomic E-state index is -3.53. The van der Waals surface area contributed by atoms with Gasteiger partial charge in [0.05, 0.1) is 9.79 Å². The summed E-state index contributed by atoms with van der Waals surface area (Å²) in [6, 6.07) is 29.4. The molecule has 0 saturated heterocycles. The quantitative estimate of drug-likeness (QED) is 0.367. The molecule has 2 nitrogen and oxygen atoms in total. The van der Waals surface area contributed by atoms with Crippen LogP contribution in [0.1, 0.15) is 5.56 Å². The highest BCUT2D eigenvalue weighted by atomic mass is 32.2. The van der Waals surface area contributed by atoms with Crippen molar-refractivity contribution in [2.45, 2.75) is 16.7 Å². The van der Waals surface area contributed by atoms with E-state index >= 15 is 0 Å². The van der Waals surface area contributed by atoms with Crippen molar-refractivity contribution in [3.8, 4) is 33.4 Å². The van der Waals surface area contributed by atoms with Crippen LogP contribution in [0.5, 0.6) is 0 Å². The Bertz CT molecular complexity index is 1300. The summed E-state index contributed by atoms with van der Waals surface area (Å²) < 4.78 is 26.6. The number of aryl methyl sites for hydroxylation is 1. The largest absolute Gasteiger partial charge is 0.218 e. The number of fused-ring (bicyclic) bond motifs is 3. The lowest BCUT2D eigenvalue weighted by molar-refractivity contribution is 0.599. The number of rotatable bonds is 2. The van der Waals surface area contributed by atoms with Gasteiger partial charge >= 0.3 is 0 Å². The summed E-state index contributed by atoms with van der Waals surface area (Å²) in [5.74, 6) is 0. The first-order valence-electron chi connectivity index (χ1n) is 9.20. The predicted molar refractivity (Wildman–Crippen MR) is 113 cm³/mol. The lowest BCUT2D eigenvalue weighted by Gasteiger charge is -2.05. The van der Waals surface area contributed by atoms with E-state index in [1.165, 1.54) is 5.56 Å². The van der Waals surface area contributed by atoms with Crippen LogP contribution in [-0.2, 0) is 9.84 Å². The predicted octanol–water partition coefficient (Wildman–Crippen LogP) is 6.14. The van der Waals surface area contributed by atoms with Gasteiger partial charge in [0, 0.05) is 11.1 Å². The summed E-state index contributed by atoms with van der Waals surface area (Å²) >= 11 is 0. The van der Waals surface area contributed by atoms with Gasteiger partial charge in [-0.05, 0) is 41.3 Å². The molecule has 4 aromatic rings. The normalized spacial score (nSPS) is 13.8. The third-order valence-corrected chi connectivity index (χ3v) is 7.16. The van der Waals surface area contributed by atoms with E-state index < -0.39 is 9.84 Å². The van der Waals surface area contributed by atoms with E-state index in [-0.39, 0.29) is 0 Å². The smallest absolute Gasteiger partial charge is 0.207 e. The molecular weight excluding hydrogens is 364 g/mol. The summed E-state index contributed by atoms with van der Waals surface area (Å²) in [6.45, 7) is 2.04. The highest BCUT2D eigenvalue weighted by Crippen LogP contribution is 2.45. The van der Waals surface area contributed by atoms with Crippen molar-refractivity contribution < 1.29 is 8.42 Å². The number of hydrogen-bond donors (Lipinski definition) is 0. The molecule has 0 saturated carbocycles. The molecule has 0 bridgehead atoms. The second-order valence-corrected chi connectivity index (χ2v) is 9.04. The van der Waals surface area contributed by atoms with Gasteiger partial charge in [0.25, 0.3) is 0 Å². The standard InChI is InChI=1S/C25H18O2S/c1-17-7-9-19(10-8-17)21-12-14-23-22-13-11-20(18-5-3-2-4-6-18)15-24(22)28(26,27)25(23)16-21/h2-16H,1H3. The van der Waals surface area contributed by atoms with Crippen molar-refractivity contribution in [2.24, 2.45) is 0 Å². The van der Waals surface area contributed by atoms with Gasteiger partial charge < -0.3 is 0 Å². The van der Waals surface area contributed by atoms with Crippen molar-refractivity contribution >= 4 is 9.84 Å². The van der Waals surface area contributed by atoms with Gasteiger partial charge in [-0.25, -0.2) is 8.42 Å². The zero-order valence-corrected chi connectivity index (χ0v) is 16.2. The minimum absolute atomic E-state index is 0.393. The summed E-state index contributed by atoms with van der Waals surface area (Å²) in [5, 5.41) is 0. The molecule has 28 heavy (non-hydrogen) atoms. The number of hydrogen-bond acceptors (Lipinski definition) is 2. The Morgan fingerprint density at radius 3 is 1.54 bits per heavy atom. The lowest BCUT2D eigenvalue weighted by atomic mass is 9.98. The van der Waals surface area contributed by atoms with Gasteiger partial charge in [-0.1, -0.05) is 84.4 Å². The molecule has 0 N–H and O–H groups in total. The monoisotopic (exact) mass is 382 g/mol. The van der Waals surface area contributed by atoms with Gasteiger partial charge in [0.1, 0.15) is 0 Å². The number of sulfone groups is 1. The maximum Gasteiger partial charge on any atom is 0.207 e. The molecule has 1 aliphatic rings. The number of benzene rings is 4. The Hall–Kier alpha value is -3.17. The van der Waals surface area contributed by atoms with Crippen LogP contribution in [0.15, 0.2) is 101 Å². The highest BCUT2D eigenvalue weighted by Gasteiger charge is 2.33. The van der Waals surface area contributed by atoms with E-state index in [0.29, 0.717) is 9.79 Å². The van der Waals surface area contributed by atoms with Gasteiger partial charge in [0.15, 0.2) is 0 Å². The summed E-state index contributed by atoms with van der Waals surface area (Å²) in [4.78, 5) is 0.788. The molecular formula is C25H18O2S. The second kappa shape index (κ2) is 6.18. The van der Waals surface area contributed by atoms with E-state index in [9.17, 15) is 8.42 Å². The molecule has 136 valence electrons. The SMILES string of the molecule is Cc1ccc(-c2ccc3c(c2)S(=O)(=O)c2cc(-c4ccccc4)ccc2-3)cc1. The van der Waals surface area contributed by atoms with Crippen molar-refractivity contribution in [1.29, 1.82) is 0 Å². The first-order valence-corrected chi connectivity index (χ1v) is 10.7. The van der Waals surface area contributed by atoms with Gasteiger partial charge in [-0.2, -0.15) is 0 Å². The van der Waals surface area contributed by atoms with Crippen LogP contribution < -0.4 is 0 Å². The molecule has 3 heteroatoms. The molecule has 1 aliphatic heterocycles. The Morgan fingerprint density at radius 2 is 1.00 bits per heavy atom. The summed E-state index contributed by atoms with van der Waals surface area (Å²) in [7, 11) is -3.53. The molecule has 5 rings (SSSR count). The molecule has 0 amide bonds. The molecule has 0 spiro atoms. The van der Waals surface area contributed by atoms with Crippen molar-refractivity contribution in [3.63, 3.8) is 0 Å². The molecule has 0 atom stereocenters. The fourth-order valence-electron chi connectivity index (χ4n) is 3.79. The zero-order chi connectivity index (χ0) is 19.3. The van der Waals surface area contributed by atoms with Crippen LogP contribution in [0.3, 0.4) is 0 Å². The fraction of sp³-hybridized carbons (Fsp3) is 0.0400. The molecule has 0 unspecified atom stereocenters. The fourth-order valence-corrected chi connectivity index (χ4v) is 5.52. The van der Waals surface area contributed by atoms with E-state index in [2.05, 4.69) is 0 Å². The second-order valence-electron chi connectivity index (χ2n) is 7.16. The van der Waals surface area contributed by atoms with Crippen LogP contribution in [0, 0.1) is 6.92 Å². The average Bonchev–Trinajstić information content (AvgIpc) is 2.96. The van der Waals surface area contributed by atoms with Crippen molar-refractivity contribution in [3.05, 3.63) is 96.6 Å². The summed E-state index contributed by atoms with van der Waals surface area (Å²) in [5.41, 5.74) is 6.60. The highest BCUT2D eigenvalue weighted by molar-refractivity contribution is 7.92. The molecule has 0 radical (unpaired) electrons. The van der Waals surface area contributed by atoms with E-state index in [1.54, 1.807) is 12.1 Å². The minimum Gasteiger partial charge on any atom is -0.218 e. The average molecular weight is 382 g/mol. The van der Waals surface area contributed by atoms with E-state index in [4.69, 9.17) is 0 Å².